The summed E-state index contributed by atoms with van der Waals surface area (Å²) in [5, 5.41) is 9.35. The first-order valence-corrected chi connectivity index (χ1v) is 9.30. The average Bonchev–Trinajstić information content (AvgIpc) is 2.60. The predicted molar refractivity (Wildman–Crippen MR) is 111 cm³/mol. The molecule has 1 aromatic rings. The van der Waals surface area contributed by atoms with Gasteiger partial charge in [-0.15, -0.1) is 13.2 Å². The molecule has 5 nitrogen and oxygen atoms in total. The summed E-state index contributed by atoms with van der Waals surface area (Å²) in [6.07, 6.45) is 4.64. The van der Waals surface area contributed by atoms with Crippen LogP contribution in [0.3, 0.4) is 0 Å². The van der Waals surface area contributed by atoms with Gasteiger partial charge in [-0.25, -0.2) is 0 Å². The van der Waals surface area contributed by atoms with Gasteiger partial charge in [-0.2, -0.15) is 0 Å². The van der Waals surface area contributed by atoms with Crippen molar-refractivity contribution in [3.8, 4) is 5.75 Å². The van der Waals surface area contributed by atoms with E-state index in [-0.39, 0.29) is 19.0 Å². The molecule has 1 rings (SSSR count). The molecule has 0 amide bonds. The van der Waals surface area contributed by atoms with Gasteiger partial charge in [0.05, 0.1) is 13.2 Å². The largest absolute Gasteiger partial charge is 0.508 e. The van der Waals surface area contributed by atoms with Crippen molar-refractivity contribution in [1.29, 1.82) is 0 Å². The average molecular weight is 386 g/mol. The van der Waals surface area contributed by atoms with Crippen LogP contribution in [0.25, 0.3) is 6.08 Å². The Hall–Kier alpha value is -2.82. The number of phenols is 1. The van der Waals surface area contributed by atoms with Crippen LogP contribution in [0.5, 0.6) is 5.75 Å². The summed E-state index contributed by atoms with van der Waals surface area (Å²) in [5.74, 6) is -2.52. The Kier molecular flexibility index (Phi) is 9.79. The number of rotatable bonds is 11. The summed E-state index contributed by atoms with van der Waals surface area (Å²) >= 11 is 0. The first kappa shape index (κ1) is 23.2. The lowest BCUT2D eigenvalue weighted by Crippen LogP contribution is -2.33. The second kappa shape index (κ2) is 11.8. The summed E-state index contributed by atoms with van der Waals surface area (Å²) in [6.45, 7) is 13.4. The molecule has 0 spiro atoms. The second-order valence-electron chi connectivity index (χ2n) is 7.04. The molecular formula is C23H30O5. The summed E-state index contributed by atoms with van der Waals surface area (Å²) in [6, 6.07) is 6.62. The molecule has 1 N–H and O–H groups in total. The normalized spacial score (nSPS) is 12.0. The molecule has 0 bridgehead atoms. The van der Waals surface area contributed by atoms with Crippen molar-refractivity contribution in [2.75, 3.05) is 13.2 Å². The van der Waals surface area contributed by atoms with E-state index >= 15 is 0 Å². The number of benzene rings is 1. The van der Waals surface area contributed by atoms with Crippen LogP contribution in [0, 0.1) is 11.8 Å². The smallest absolute Gasteiger partial charge is 0.320 e. The maximum Gasteiger partial charge on any atom is 0.320 e. The van der Waals surface area contributed by atoms with E-state index < -0.39 is 23.8 Å². The van der Waals surface area contributed by atoms with E-state index in [0.29, 0.717) is 12.8 Å². The highest BCUT2D eigenvalue weighted by molar-refractivity contribution is 5.95. The van der Waals surface area contributed by atoms with Crippen LogP contribution < -0.4 is 0 Å². The van der Waals surface area contributed by atoms with E-state index in [2.05, 4.69) is 13.2 Å². The van der Waals surface area contributed by atoms with Gasteiger partial charge >= 0.3 is 11.9 Å². The molecule has 152 valence electrons. The van der Waals surface area contributed by atoms with E-state index in [4.69, 9.17) is 9.47 Å². The summed E-state index contributed by atoms with van der Waals surface area (Å²) < 4.78 is 10.5. The SMILES string of the molecule is C=C(C)CCOC(=O)C(C(=O)OCCC(=C)C)[C@H](C)/C=C/c1ccc(O)cc1. The highest BCUT2D eigenvalue weighted by Gasteiger charge is 2.34. The van der Waals surface area contributed by atoms with E-state index in [1.807, 2.05) is 13.8 Å². The maximum atomic E-state index is 12.5. The molecule has 0 heterocycles. The number of carbonyl (C=O) groups excluding carboxylic acids is 2. The van der Waals surface area contributed by atoms with Gasteiger partial charge in [0.25, 0.3) is 0 Å². The number of carbonyl (C=O) groups is 2. The Morgan fingerprint density at radius 1 is 1.00 bits per heavy atom. The molecule has 0 aliphatic heterocycles. The highest BCUT2D eigenvalue weighted by atomic mass is 16.6. The number of allylic oxidation sites excluding steroid dienone is 1. The van der Waals surface area contributed by atoms with Crippen molar-refractivity contribution >= 4 is 18.0 Å². The van der Waals surface area contributed by atoms with Crippen LogP contribution in [0.4, 0.5) is 0 Å². The first-order valence-electron chi connectivity index (χ1n) is 9.30. The first-order chi connectivity index (χ1) is 13.2. The van der Waals surface area contributed by atoms with Crippen LogP contribution in [-0.2, 0) is 19.1 Å². The molecule has 0 radical (unpaired) electrons. The Morgan fingerprint density at radius 2 is 1.46 bits per heavy atom. The highest BCUT2D eigenvalue weighted by Crippen LogP contribution is 2.20. The third kappa shape index (κ3) is 8.71. The van der Waals surface area contributed by atoms with Crippen molar-refractivity contribution in [2.24, 2.45) is 11.8 Å². The molecule has 0 fully saturated rings. The number of phenolic OH excluding ortho intramolecular Hbond substituents is 1. The number of hydrogen-bond donors (Lipinski definition) is 1. The van der Waals surface area contributed by atoms with Gasteiger partial charge in [-0.05, 0) is 37.5 Å². The van der Waals surface area contributed by atoms with Gasteiger partial charge in [0.1, 0.15) is 5.75 Å². The van der Waals surface area contributed by atoms with Crippen molar-refractivity contribution in [3.63, 3.8) is 0 Å². The number of aromatic hydroxyl groups is 1. The number of ether oxygens (including phenoxy) is 2. The Morgan fingerprint density at radius 3 is 1.89 bits per heavy atom. The van der Waals surface area contributed by atoms with Crippen molar-refractivity contribution in [1.82, 2.24) is 0 Å². The minimum Gasteiger partial charge on any atom is -0.508 e. The fourth-order valence-electron chi connectivity index (χ4n) is 2.32. The summed E-state index contributed by atoms with van der Waals surface area (Å²) in [5.41, 5.74) is 2.64. The molecule has 0 aromatic heterocycles. The van der Waals surface area contributed by atoms with Gasteiger partial charge in [-0.3, -0.25) is 9.59 Å². The van der Waals surface area contributed by atoms with E-state index in [1.54, 1.807) is 43.3 Å². The fraction of sp³-hybridized carbons (Fsp3) is 0.391. The van der Waals surface area contributed by atoms with Crippen molar-refractivity contribution in [2.45, 2.75) is 33.6 Å². The quantitative estimate of drug-likeness (QED) is 0.340. The molecule has 1 aromatic carbocycles. The van der Waals surface area contributed by atoms with Gasteiger partial charge in [0.2, 0.25) is 0 Å². The fourth-order valence-corrected chi connectivity index (χ4v) is 2.32. The lowest BCUT2D eigenvalue weighted by atomic mass is 9.93. The number of esters is 2. The third-order valence-corrected chi connectivity index (χ3v) is 4.07. The monoisotopic (exact) mass is 386 g/mol. The van der Waals surface area contributed by atoms with Crippen LogP contribution >= 0.6 is 0 Å². The Balaban J connectivity index is 2.85. The molecular weight excluding hydrogens is 356 g/mol. The molecule has 1 atom stereocenters. The van der Waals surface area contributed by atoms with Gasteiger partial charge in [0.15, 0.2) is 5.92 Å². The zero-order chi connectivity index (χ0) is 21.1. The van der Waals surface area contributed by atoms with Crippen LogP contribution in [-0.4, -0.2) is 30.3 Å². The zero-order valence-corrected chi connectivity index (χ0v) is 16.9. The molecule has 0 saturated carbocycles. The van der Waals surface area contributed by atoms with E-state index in [1.165, 1.54) is 0 Å². The molecule has 5 heteroatoms. The predicted octanol–water partition coefficient (Wildman–Crippen LogP) is 4.68. The van der Waals surface area contributed by atoms with Crippen LogP contribution in [0.2, 0.25) is 0 Å². The summed E-state index contributed by atoms with van der Waals surface area (Å²) in [4.78, 5) is 25.0. The van der Waals surface area contributed by atoms with Gasteiger partial charge in [0, 0.05) is 12.8 Å². The molecule has 0 aliphatic rings. The molecule has 0 aliphatic carbocycles. The van der Waals surface area contributed by atoms with Gasteiger partial charge in [-0.1, -0.05) is 42.4 Å². The molecule has 0 unspecified atom stereocenters. The van der Waals surface area contributed by atoms with E-state index in [9.17, 15) is 14.7 Å². The Bertz CT molecular complexity index is 683. The van der Waals surface area contributed by atoms with Gasteiger partial charge < -0.3 is 14.6 Å². The Labute approximate surface area is 167 Å². The maximum absolute atomic E-state index is 12.5. The summed E-state index contributed by atoms with van der Waals surface area (Å²) in [7, 11) is 0. The third-order valence-electron chi connectivity index (χ3n) is 4.07. The lowest BCUT2D eigenvalue weighted by Gasteiger charge is -2.19. The van der Waals surface area contributed by atoms with Crippen LogP contribution in [0.1, 0.15) is 39.2 Å². The topological polar surface area (TPSA) is 72.8 Å². The minimum absolute atomic E-state index is 0.172. The van der Waals surface area contributed by atoms with Crippen molar-refractivity contribution in [3.05, 3.63) is 60.2 Å². The molecule has 28 heavy (non-hydrogen) atoms. The van der Waals surface area contributed by atoms with E-state index in [0.717, 1.165) is 16.7 Å². The zero-order valence-electron chi connectivity index (χ0n) is 16.9. The second-order valence-corrected chi connectivity index (χ2v) is 7.04. The number of hydrogen-bond acceptors (Lipinski definition) is 5. The van der Waals surface area contributed by atoms with Crippen molar-refractivity contribution < 1.29 is 24.2 Å². The standard InChI is InChI=1S/C23H30O5/c1-16(2)12-14-27-22(25)21(23(26)28-15-13-17(3)4)18(5)6-7-19-8-10-20(24)11-9-19/h6-11,18,21,24H,1,3,12-15H2,2,4-5H3/b7-6+/t18-/m1/s1. The minimum atomic E-state index is -1.05. The lowest BCUT2D eigenvalue weighted by molar-refractivity contribution is -0.163. The molecule has 0 saturated heterocycles. The van der Waals surface area contributed by atoms with Crippen LogP contribution in [0.15, 0.2) is 54.6 Å².